The third-order valence-electron chi connectivity index (χ3n) is 4.31. The molecule has 0 amide bonds. The van der Waals surface area contributed by atoms with Gasteiger partial charge in [-0.3, -0.25) is 10.1 Å². The van der Waals surface area contributed by atoms with Crippen LogP contribution in [0.1, 0.15) is 12.8 Å². The molecular weight excluding hydrogens is 278 g/mol. The van der Waals surface area contributed by atoms with Crippen LogP contribution in [0.2, 0.25) is 0 Å². The zero-order chi connectivity index (χ0) is 14.3. The number of hydrogen-bond acceptors (Lipinski definition) is 4. The van der Waals surface area contributed by atoms with Crippen molar-refractivity contribution in [2.24, 2.45) is 11.8 Å². The number of allylic oxidation sites excluding steroid dienone is 1. The summed E-state index contributed by atoms with van der Waals surface area (Å²) in [7, 11) is -3.68. The van der Waals surface area contributed by atoms with Gasteiger partial charge in [-0.25, -0.2) is 8.42 Å². The molecule has 3 aliphatic carbocycles. The molecule has 0 aliphatic heterocycles. The summed E-state index contributed by atoms with van der Waals surface area (Å²) in [5, 5.41) is 10.4. The van der Waals surface area contributed by atoms with E-state index in [0.717, 1.165) is 0 Å². The summed E-state index contributed by atoms with van der Waals surface area (Å²) >= 11 is 0. The lowest BCUT2D eigenvalue weighted by Gasteiger charge is -2.39. The Bertz CT molecular complexity index is 653. The molecule has 4 atom stereocenters. The van der Waals surface area contributed by atoms with Crippen LogP contribution in [0.4, 0.5) is 0 Å². The Morgan fingerprint density at radius 2 is 1.65 bits per heavy atom. The lowest BCUT2D eigenvalue weighted by atomic mass is 9.72. The molecule has 106 valence electrons. The van der Waals surface area contributed by atoms with Gasteiger partial charge in [-0.1, -0.05) is 30.4 Å². The Hall–Kier alpha value is -1.69. The highest BCUT2D eigenvalue weighted by molar-refractivity contribution is 7.92. The third kappa shape index (κ3) is 1.95. The molecule has 6 heteroatoms. The predicted molar refractivity (Wildman–Crippen MR) is 73.6 cm³/mol. The lowest BCUT2D eigenvalue weighted by molar-refractivity contribution is -0.533. The van der Waals surface area contributed by atoms with Crippen LogP contribution in [-0.4, -0.2) is 24.6 Å². The molecule has 0 saturated heterocycles. The summed E-state index contributed by atoms with van der Waals surface area (Å²) in [4.78, 5) is 11.1. The number of sulfone groups is 1. The molecule has 3 aliphatic rings. The SMILES string of the molecule is O=[N+]([O-])C1C2C=CC(CC2)C1S(=O)(=O)c1ccccc1. The van der Waals surface area contributed by atoms with Gasteiger partial charge < -0.3 is 0 Å². The molecule has 1 aromatic rings. The summed E-state index contributed by atoms with van der Waals surface area (Å²) in [6.45, 7) is 0. The van der Waals surface area contributed by atoms with Crippen molar-refractivity contribution in [2.45, 2.75) is 29.0 Å². The van der Waals surface area contributed by atoms with Gasteiger partial charge in [0.15, 0.2) is 9.84 Å². The number of hydrogen-bond donors (Lipinski definition) is 0. The van der Waals surface area contributed by atoms with Gasteiger partial charge in [0.2, 0.25) is 6.04 Å². The first-order valence-corrected chi connectivity index (χ1v) is 8.17. The smallest absolute Gasteiger partial charge is 0.236 e. The minimum Gasteiger partial charge on any atom is -0.264 e. The van der Waals surface area contributed by atoms with Gasteiger partial charge in [0.05, 0.1) is 4.90 Å². The molecule has 0 radical (unpaired) electrons. The van der Waals surface area contributed by atoms with E-state index in [0.29, 0.717) is 12.8 Å². The van der Waals surface area contributed by atoms with Crippen LogP contribution in [-0.2, 0) is 9.84 Å². The zero-order valence-electron chi connectivity index (χ0n) is 10.8. The van der Waals surface area contributed by atoms with E-state index in [1.165, 1.54) is 12.1 Å². The number of rotatable bonds is 3. The number of benzene rings is 1. The van der Waals surface area contributed by atoms with Crippen molar-refractivity contribution < 1.29 is 13.3 Å². The Morgan fingerprint density at radius 3 is 2.20 bits per heavy atom. The summed E-state index contributed by atoms with van der Waals surface area (Å²) in [6.07, 6.45) is 5.08. The highest BCUT2D eigenvalue weighted by atomic mass is 32.2. The maximum atomic E-state index is 12.8. The first-order chi connectivity index (χ1) is 9.51. The monoisotopic (exact) mass is 293 g/mol. The maximum Gasteiger partial charge on any atom is 0.236 e. The summed E-state index contributed by atoms with van der Waals surface area (Å²) in [5.74, 6) is -0.515. The molecule has 1 saturated carbocycles. The lowest BCUT2D eigenvalue weighted by Crippen LogP contribution is -2.53. The first kappa shape index (κ1) is 13.3. The van der Waals surface area contributed by atoms with Crippen molar-refractivity contribution >= 4 is 9.84 Å². The van der Waals surface area contributed by atoms with E-state index in [-0.39, 0.29) is 16.7 Å². The van der Waals surface area contributed by atoms with E-state index in [2.05, 4.69) is 0 Å². The second-order valence-electron chi connectivity index (χ2n) is 5.39. The van der Waals surface area contributed by atoms with Crippen LogP contribution in [0.15, 0.2) is 47.4 Å². The van der Waals surface area contributed by atoms with Crippen molar-refractivity contribution in [3.05, 3.63) is 52.6 Å². The topological polar surface area (TPSA) is 77.3 Å². The van der Waals surface area contributed by atoms with Crippen LogP contribution in [0.5, 0.6) is 0 Å². The number of nitrogens with zero attached hydrogens (tertiary/aromatic N) is 1. The predicted octanol–water partition coefficient (Wildman–Crippen LogP) is 2.07. The molecule has 4 rings (SSSR count). The normalized spacial score (nSPS) is 32.2. The van der Waals surface area contributed by atoms with Crippen LogP contribution in [0, 0.1) is 22.0 Å². The molecule has 4 unspecified atom stereocenters. The average molecular weight is 293 g/mol. The molecule has 0 N–H and O–H groups in total. The van der Waals surface area contributed by atoms with E-state index in [1.54, 1.807) is 18.2 Å². The van der Waals surface area contributed by atoms with E-state index >= 15 is 0 Å². The van der Waals surface area contributed by atoms with Gasteiger partial charge in [-0.15, -0.1) is 0 Å². The van der Waals surface area contributed by atoms with E-state index in [9.17, 15) is 18.5 Å². The van der Waals surface area contributed by atoms with Crippen molar-refractivity contribution in [1.82, 2.24) is 0 Å². The summed E-state index contributed by atoms with van der Waals surface area (Å²) in [6, 6.07) is 7.02. The minimum absolute atomic E-state index is 0.179. The molecule has 1 fully saturated rings. The van der Waals surface area contributed by atoms with Crippen LogP contribution in [0.25, 0.3) is 0 Å². The molecule has 0 aromatic heterocycles. The van der Waals surface area contributed by atoms with Crippen molar-refractivity contribution in [1.29, 1.82) is 0 Å². The van der Waals surface area contributed by atoms with Gasteiger partial charge in [0.25, 0.3) is 0 Å². The van der Waals surface area contributed by atoms with Crippen molar-refractivity contribution in [3.63, 3.8) is 0 Å². The molecule has 5 nitrogen and oxygen atoms in total. The second kappa shape index (κ2) is 4.70. The maximum absolute atomic E-state index is 12.8. The molecule has 0 heterocycles. The van der Waals surface area contributed by atoms with E-state index in [4.69, 9.17) is 0 Å². The molecule has 20 heavy (non-hydrogen) atoms. The van der Waals surface area contributed by atoms with Crippen LogP contribution >= 0.6 is 0 Å². The molecule has 1 aromatic carbocycles. The Labute approximate surface area is 117 Å². The van der Waals surface area contributed by atoms with Gasteiger partial charge in [0, 0.05) is 16.8 Å². The van der Waals surface area contributed by atoms with E-state index in [1.807, 2.05) is 12.2 Å². The van der Waals surface area contributed by atoms with Gasteiger partial charge in [-0.2, -0.15) is 0 Å². The zero-order valence-corrected chi connectivity index (χ0v) is 11.6. The van der Waals surface area contributed by atoms with Crippen LogP contribution in [0.3, 0.4) is 0 Å². The number of nitro groups is 1. The van der Waals surface area contributed by atoms with Crippen molar-refractivity contribution in [3.8, 4) is 0 Å². The first-order valence-electron chi connectivity index (χ1n) is 6.62. The fourth-order valence-corrected chi connectivity index (χ4v) is 5.58. The fraction of sp³-hybridized carbons (Fsp3) is 0.429. The van der Waals surface area contributed by atoms with Gasteiger partial charge in [-0.05, 0) is 25.0 Å². The van der Waals surface area contributed by atoms with Gasteiger partial charge in [0.1, 0.15) is 5.25 Å². The number of fused-ring (bicyclic) bond motifs is 2. The standard InChI is InChI=1S/C14H15NO4S/c16-15(17)13-10-6-8-11(9-7-10)14(13)20(18,19)12-4-2-1-3-5-12/h1-6,8,10-11,13-14H,7,9H2. The summed E-state index contributed by atoms with van der Waals surface area (Å²) < 4.78 is 25.5. The molecule has 0 spiro atoms. The molecule has 2 bridgehead atoms. The Kier molecular flexibility index (Phi) is 3.12. The summed E-state index contributed by atoms with van der Waals surface area (Å²) in [5.41, 5.74) is 0. The average Bonchev–Trinajstić information content (AvgIpc) is 2.48. The van der Waals surface area contributed by atoms with E-state index < -0.39 is 26.1 Å². The Morgan fingerprint density at radius 1 is 1.05 bits per heavy atom. The van der Waals surface area contributed by atoms with Crippen LogP contribution < -0.4 is 0 Å². The highest BCUT2D eigenvalue weighted by Crippen LogP contribution is 2.42. The quantitative estimate of drug-likeness (QED) is 0.485. The van der Waals surface area contributed by atoms with Gasteiger partial charge >= 0.3 is 0 Å². The fourth-order valence-electron chi connectivity index (χ4n) is 3.38. The largest absolute Gasteiger partial charge is 0.264 e. The second-order valence-corrected chi connectivity index (χ2v) is 7.49. The third-order valence-corrected chi connectivity index (χ3v) is 6.58. The Balaban J connectivity index is 2.08. The molecular formula is C14H15NO4S. The van der Waals surface area contributed by atoms with Crippen molar-refractivity contribution in [2.75, 3.05) is 0 Å². The highest BCUT2D eigenvalue weighted by Gasteiger charge is 2.54. The minimum atomic E-state index is -3.68.